The van der Waals surface area contributed by atoms with E-state index >= 15 is 0 Å². The summed E-state index contributed by atoms with van der Waals surface area (Å²) in [6.45, 7) is 2.20. The molecular formula is C17H20BrNO2. The maximum absolute atomic E-state index is 9.16. The van der Waals surface area contributed by atoms with Crippen LogP contribution in [0.2, 0.25) is 0 Å². The van der Waals surface area contributed by atoms with Gasteiger partial charge in [-0.05, 0) is 50.2 Å². The van der Waals surface area contributed by atoms with Crippen molar-refractivity contribution >= 4 is 15.9 Å². The van der Waals surface area contributed by atoms with Crippen molar-refractivity contribution in [1.82, 2.24) is 5.32 Å². The van der Waals surface area contributed by atoms with Gasteiger partial charge in [0.05, 0.1) is 0 Å². The molecule has 0 aliphatic carbocycles. The zero-order chi connectivity index (χ0) is 15.2. The predicted octanol–water partition coefficient (Wildman–Crippen LogP) is 4.06. The van der Waals surface area contributed by atoms with Gasteiger partial charge in [-0.2, -0.15) is 0 Å². The van der Waals surface area contributed by atoms with Crippen LogP contribution in [0.5, 0.6) is 11.5 Å². The van der Waals surface area contributed by atoms with E-state index in [4.69, 9.17) is 9.84 Å². The van der Waals surface area contributed by atoms with E-state index in [9.17, 15) is 0 Å². The standard InChI is InChI=1S/C17H20BrNO2/c1-12(19-2)15-11-14(18)7-8-17(15)21-16-6-4-3-5-13(16)9-10-20/h3-8,11-12,19-20H,9-10H2,1-2H3. The van der Waals surface area contributed by atoms with Gasteiger partial charge >= 0.3 is 0 Å². The van der Waals surface area contributed by atoms with E-state index in [2.05, 4.69) is 34.2 Å². The molecular weight excluding hydrogens is 330 g/mol. The van der Waals surface area contributed by atoms with Crippen molar-refractivity contribution < 1.29 is 9.84 Å². The van der Waals surface area contributed by atoms with E-state index in [1.807, 2.05) is 43.4 Å². The number of ether oxygens (including phenoxy) is 1. The fourth-order valence-electron chi connectivity index (χ4n) is 2.16. The predicted molar refractivity (Wildman–Crippen MR) is 88.9 cm³/mol. The lowest BCUT2D eigenvalue weighted by Crippen LogP contribution is -2.13. The molecule has 0 saturated carbocycles. The summed E-state index contributed by atoms with van der Waals surface area (Å²) in [6, 6.07) is 14.0. The van der Waals surface area contributed by atoms with E-state index in [0.717, 1.165) is 27.1 Å². The van der Waals surface area contributed by atoms with Crippen molar-refractivity contribution in [3.8, 4) is 11.5 Å². The zero-order valence-corrected chi connectivity index (χ0v) is 13.9. The molecule has 0 aliphatic rings. The molecule has 0 spiro atoms. The maximum Gasteiger partial charge on any atom is 0.132 e. The van der Waals surface area contributed by atoms with Crippen molar-refractivity contribution in [1.29, 1.82) is 0 Å². The van der Waals surface area contributed by atoms with E-state index in [1.54, 1.807) is 0 Å². The van der Waals surface area contributed by atoms with E-state index in [1.165, 1.54) is 0 Å². The molecule has 3 nitrogen and oxygen atoms in total. The maximum atomic E-state index is 9.16. The monoisotopic (exact) mass is 349 g/mol. The molecule has 1 atom stereocenters. The Kier molecular flexibility index (Phi) is 5.79. The van der Waals surface area contributed by atoms with Crippen molar-refractivity contribution in [2.75, 3.05) is 13.7 Å². The van der Waals surface area contributed by atoms with Crippen LogP contribution in [0.15, 0.2) is 46.9 Å². The normalized spacial score (nSPS) is 12.2. The summed E-state index contributed by atoms with van der Waals surface area (Å²) >= 11 is 3.50. The highest BCUT2D eigenvalue weighted by Crippen LogP contribution is 2.33. The number of benzene rings is 2. The Balaban J connectivity index is 2.35. The van der Waals surface area contributed by atoms with Gasteiger partial charge < -0.3 is 15.2 Å². The lowest BCUT2D eigenvalue weighted by Gasteiger charge is -2.18. The fourth-order valence-corrected chi connectivity index (χ4v) is 2.53. The summed E-state index contributed by atoms with van der Waals surface area (Å²) in [5.41, 5.74) is 2.09. The van der Waals surface area contributed by atoms with Crippen LogP contribution in [-0.4, -0.2) is 18.8 Å². The summed E-state index contributed by atoms with van der Waals surface area (Å²) in [4.78, 5) is 0. The number of para-hydroxylation sites is 1. The van der Waals surface area contributed by atoms with Crippen molar-refractivity contribution in [2.45, 2.75) is 19.4 Å². The summed E-state index contributed by atoms with van der Waals surface area (Å²) in [7, 11) is 1.93. The van der Waals surface area contributed by atoms with Crippen LogP contribution < -0.4 is 10.1 Å². The Hall–Kier alpha value is -1.36. The molecule has 0 heterocycles. The molecule has 2 aromatic carbocycles. The number of rotatable bonds is 6. The van der Waals surface area contributed by atoms with Gasteiger partial charge in [-0.25, -0.2) is 0 Å². The van der Waals surface area contributed by atoms with Crippen LogP contribution in [0, 0.1) is 0 Å². The minimum absolute atomic E-state index is 0.112. The van der Waals surface area contributed by atoms with Gasteiger partial charge in [0.2, 0.25) is 0 Å². The fraction of sp³-hybridized carbons (Fsp3) is 0.294. The highest BCUT2D eigenvalue weighted by Gasteiger charge is 2.13. The minimum atomic E-state index is 0.112. The average molecular weight is 350 g/mol. The second-order valence-corrected chi connectivity index (χ2v) is 5.79. The second kappa shape index (κ2) is 7.59. The third-order valence-corrected chi connectivity index (χ3v) is 3.94. The Bertz CT molecular complexity index is 601. The number of halogens is 1. The van der Waals surface area contributed by atoms with Crippen LogP contribution in [0.1, 0.15) is 24.1 Å². The van der Waals surface area contributed by atoms with Crippen LogP contribution in [-0.2, 0) is 6.42 Å². The highest BCUT2D eigenvalue weighted by atomic mass is 79.9. The number of hydrogen-bond acceptors (Lipinski definition) is 3. The molecule has 1 unspecified atom stereocenters. The molecule has 0 bridgehead atoms. The molecule has 0 fully saturated rings. The third kappa shape index (κ3) is 4.06. The Morgan fingerprint density at radius 2 is 1.95 bits per heavy atom. The number of aliphatic hydroxyl groups excluding tert-OH is 1. The summed E-state index contributed by atoms with van der Waals surface area (Å²) in [5, 5.41) is 12.4. The zero-order valence-electron chi connectivity index (χ0n) is 12.3. The number of nitrogens with one attached hydrogen (secondary N) is 1. The van der Waals surface area contributed by atoms with Crippen molar-refractivity contribution in [3.05, 3.63) is 58.1 Å². The van der Waals surface area contributed by atoms with Gasteiger partial charge in [0, 0.05) is 22.7 Å². The summed E-state index contributed by atoms with van der Waals surface area (Å²) < 4.78 is 7.12. The molecule has 2 rings (SSSR count). The summed E-state index contributed by atoms with van der Waals surface area (Å²) in [5.74, 6) is 1.61. The van der Waals surface area contributed by atoms with Gasteiger partial charge in [-0.3, -0.25) is 0 Å². The lowest BCUT2D eigenvalue weighted by molar-refractivity contribution is 0.297. The van der Waals surface area contributed by atoms with Crippen molar-refractivity contribution in [2.24, 2.45) is 0 Å². The minimum Gasteiger partial charge on any atom is -0.457 e. The number of aliphatic hydroxyl groups is 1. The van der Waals surface area contributed by atoms with E-state index in [0.29, 0.717) is 6.42 Å². The highest BCUT2D eigenvalue weighted by molar-refractivity contribution is 9.10. The van der Waals surface area contributed by atoms with Gasteiger partial charge in [0.15, 0.2) is 0 Å². The molecule has 0 radical (unpaired) electrons. The van der Waals surface area contributed by atoms with E-state index in [-0.39, 0.29) is 12.6 Å². The molecule has 0 aliphatic heterocycles. The first-order valence-corrected chi connectivity index (χ1v) is 7.78. The molecule has 0 amide bonds. The van der Waals surface area contributed by atoms with Crippen LogP contribution in [0.3, 0.4) is 0 Å². The smallest absolute Gasteiger partial charge is 0.132 e. The van der Waals surface area contributed by atoms with Gasteiger partial charge in [0.25, 0.3) is 0 Å². The quantitative estimate of drug-likeness (QED) is 0.826. The largest absolute Gasteiger partial charge is 0.457 e. The summed E-state index contributed by atoms with van der Waals surface area (Å²) in [6.07, 6.45) is 0.587. The molecule has 2 N–H and O–H groups in total. The molecule has 0 aromatic heterocycles. The topological polar surface area (TPSA) is 41.5 Å². The first-order chi connectivity index (χ1) is 10.2. The van der Waals surface area contributed by atoms with Crippen molar-refractivity contribution in [3.63, 3.8) is 0 Å². The van der Waals surface area contributed by atoms with E-state index < -0.39 is 0 Å². The Labute approximate surface area is 134 Å². The third-order valence-electron chi connectivity index (χ3n) is 3.45. The lowest BCUT2D eigenvalue weighted by atomic mass is 10.1. The van der Waals surface area contributed by atoms with Gasteiger partial charge in [-0.15, -0.1) is 0 Å². The molecule has 0 saturated heterocycles. The van der Waals surface area contributed by atoms with Gasteiger partial charge in [0.1, 0.15) is 11.5 Å². The number of hydrogen-bond donors (Lipinski definition) is 2. The first kappa shape index (κ1) is 16.0. The van der Waals surface area contributed by atoms with Crippen LogP contribution in [0.25, 0.3) is 0 Å². The Morgan fingerprint density at radius 1 is 1.19 bits per heavy atom. The molecule has 112 valence electrons. The first-order valence-electron chi connectivity index (χ1n) is 6.99. The molecule has 2 aromatic rings. The molecule has 21 heavy (non-hydrogen) atoms. The molecule has 4 heteroatoms. The van der Waals surface area contributed by atoms with Crippen LogP contribution >= 0.6 is 15.9 Å². The van der Waals surface area contributed by atoms with Crippen LogP contribution in [0.4, 0.5) is 0 Å². The average Bonchev–Trinajstić information content (AvgIpc) is 2.50. The SMILES string of the molecule is CNC(C)c1cc(Br)ccc1Oc1ccccc1CCO. The van der Waals surface area contributed by atoms with Gasteiger partial charge in [-0.1, -0.05) is 34.1 Å². The Morgan fingerprint density at radius 3 is 2.67 bits per heavy atom. The second-order valence-electron chi connectivity index (χ2n) is 4.88.